The predicted octanol–water partition coefficient (Wildman–Crippen LogP) is 20.8. The first-order valence-electron chi connectivity index (χ1n) is 30.8. The lowest BCUT2D eigenvalue weighted by Gasteiger charge is -2.18. The molecule has 0 rings (SSSR count). The van der Waals surface area contributed by atoms with Crippen molar-refractivity contribution in [2.45, 2.75) is 322 Å². The molecule has 71 heavy (non-hydrogen) atoms. The van der Waals surface area contributed by atoms with Crippen LogP contribution in [0.4, 0.5) is 0 Å². The van der Waals surface area contributed by atoms with Crippen molar-refractivity contribution in [1.82, 2.24) is 0 Å². The molecule has 6 heteroatoms. The SMILES string of the molecule is CC/C=C\C/C=C\C/C=C\C/C=C\CCCCCCC(=O)OC(COC(=O)CCCCCCCCCCCCC)COC(=O)CCCCCCCCCCCCCCC/C=C\CCCCCCCCCC. The summed E-state index contributed by atoms with van der Waals surface area (Å²) in [5.41, 5.74) is 0. The van der Waals surface area contributed by atoms with Crippen LogP contribution in [0.5, 0.6) is 0 Å². The Bertz CT molecular complexity index is 1280. The van der Waals surface area contributed by atoms with Crippen LogP contribution in [0.3, 0.4) is 0 Å². The Morgan fingerprint density at radius 2 is 0.549 bits per heavy atom. The third-order valence-electron chi connectivity index (χ3n) is 13.5. The maximum atomic E-state index is 12.9. The second-order valence-corrected chi connectivity index (χ2v) is 20.6. The van der Waals surface area contributed by atoms with Gasteiger partial charge in [0.25, 0.3) is 0 Å². The van der Waals surface area contributed by atoms with Crippen LogP contribution in [0.1, 0.15) is 316 Å². The zero-order valence-electron chi connectivity index (χ0n) is 47.2. The van der Waals surface area contributed by atoms with Crippen LogP contribution in [0.25, 0.3) is 0 Å². The molecule has 0 fully saturated rings. The van der Waals surface area contributed by atoms with E-state index in [0.717, 1.165) is 96.3 Å². The molecule has 1 unspecified atom stereocenters. The Morgan fingerprint density at radius 3 is 0.873 bits per heavy atom. The van der Waals surface area contributed by atoms with E-state index < -0.39 is 6.10 Å². The van der Waals surface area contributed by atoms with Gasteiger partial charge in [-0.25, -0.2) is 0 Å². The Morgan fingerprint density at radius 1 is 0.296 bits per heavy atom. The fourth-order valence-electron chi connectivity index (χ4n) is 8.90. The number of rotatable bonds is 56. The summed E-state index contributed by atoms with van der Waals surface area (Å²) in [6.45, 7) is 6.53. The molecule has 0 radical (unpaired) electrons. The largest absolute Gasteiger partial charge is 0.462 e. The zero-order chi connectivity index (χ0) is 51.4. The fourth-order valence-corrected chi connectivity index (χ4v) is 8.90. The van der Waals surface area contributed by atoms with Crippen LogP contribution in [0, 0.1) is 0 Å². The molecule has 0 amide bonds. The molecule has 0 aliphatic rings. The van der Waals surface area contributed by atoms with Gasteiger partial charge in [0.1, 0.15) is 13.2 Å². The van der Waals surface area contributed by atoms with Crippen LogP contribution in [0.15, 0.2) is 60.8 Å². The van der Waals surface area contributed by atoms with E-state index in [9.17, 15) is 14.4 Å². The molecule has 0 spiro atoms. The molecule has 6 nitrogen and oxygen atoms in total. The van der Waals surface area contributed by atoms with Crippen LogP contribution in [-0.4, -0.2) is 37.2 Å². The average Bonchev–Trinajstić information content (AvgIpc) is 3.37. The van der Waals surface area contributed by atoms with Crippen molar-refractivity contribution in [3.8, 4) is 0 Å². The van der Waals surface area contributed by atoms with Gasteiger partial charge in [-0.1, -0.05) is 274 Å². The normalized spacial score (nSPS) is 12.4. The summed E-state index contributed by atoms with van der Waals surface area (Å²) in [6, 6.07) is 0. The van der Waals surface area contributed by atoms with Gasteiger partial charge in [-0.15, -0.1) is 0 Å². The molecule has 0 aliphatic carbocycles. The quantitative estimate of drug-likeness (QED) is 0.0261. The summed E-state index contributed by atoms with van der Waals surface area (Å²) in [5.74, 6) is -0.892. The van der Waals surface area contributed by atoms with E-state index >= 15 is 0 Å². The lowest BCUT2D eigenvalue weighted by Crippen LogP contribution is -2.30. The van der Waals surface area contributed by atoms with Crippen molar-refractivity contribution in [1.29, 1.82) is 0 Å². The summed E-state index contributed by atoms with van der Waals surface area (Å²) in [5, 5.41) is 0. The fraction of sp³-hybridized carbons (Fsp3) is 0.800. The van der Waals surface area contributed by atoms with Crippen LogP contribution in [0.2, 0.25) is 0 Å². The topological polar surface area (TPSA) is 78.9 Å². The molecule has 0 saturated carbocycles. The molecule has 1 atom stereocenters. The molecule has 0 heterocycles. The number of hydrogen-bond donors (Lipinski definition) is 0. The Kier molecular flexibility index (Phi) is 57.2. The second kappa shape index (κ2) is 59.7. The number of ether oxygens (including phenoxy) is 3. The maximum absolute atomic E-state index is 12.9. The van der Waals surface area contributed by atoms with Gasteiger partial charge >= 0.3 is 17.9 Å². The van der Waals surface area contributed by atoms with Crippen molar-refractivity contribution in [3.05, 3.63) is 60.8 Å². The Hall–Kier alpha value is -2.89. The van der Waals surface area contributed by atoms with E-state index in [2.05, 4.69) is 81.5 Å². The molecule has 412 valence electrons. The summed E-state index contributed by atoms with van der Waals surface area (Å²) in [4.78, 5) is 38.2. The van der Waals surface area contributed by atoms with Crippen LogP contribution < -0.4 is 0 Å². The molecule has 0 aromatic carbocycles. The molecule has 0 aromatic heterocycles. The Labute approximate surface area is 440 Å². The zero-order valence-corrected chi connectivity index (χ0v) is 47.2. The first-order valence-corrected chi connectivity index (χ1v) is 30.8. The number of hydrogen-bond acceptors (Lipinski definition) is 6. The van der Waals surface area contributed by atoms with E-state index in [1.54, 1.807) is 0 Å². The van der Waals surface area contributed by atoms with Crippen molar-refractivity contribution in [3.63, 3.8) is 0 Å². The van der Waals surface area contributed by atoms with Gasteiger partial charge in [0.2, 0.25) is 0 Å². The van der Waals surface area contributed by atoms with Gasteiger partial charge in [-0.05, 0) is 83.5 Å². The van der Waals surface area contributed by atoms with E-state index in [4.69, 9.17) is 14.2 Å². The van der Waals surface area contributed by atoms with E-state index in [1.165, 1.54) is 180 Å². The summed E-state index contributed by atoms with van der Waals surface area (Å²) in [6.07, 6.45) is 75.2. The summed E-state index contributed by atoms with van der Waals surface area (Å²) < 4.78 is 16.9. The average molecular weight is 994 g/mol. The summed E-state index contributed by atoms with van der Waals surface area (Å²) in [7, 11) is 0. The lowest BCUT2D eigenvalue weighted by atomic mass is 10.0. The van der Waals surface area contributed by atoms with Gasteiger partial charge in [0.05, 0.1) is 0 Å². The van der Waals surface area contributed by atoms with E-state index in [-0.39, 0.29) is 31.1 Å². The highest BCUT2D eigenvalue weighted by atomic mass is 16.6. The van der Waals surface area contributed by atoms with Crippen LogP contribution in [-0.2, 0) is 28.6 Å². The number of unbranched alkanes of at least 4 members (excludes halogenated alkanes) is 35. The van der Waals surface area contributed by atoms with Crippen LogP contribution >= 0.6 is 0 Å². The first-order chi connectivity index (χ1) is 35.0. The highest BCUT2D eigenvalue weighted by molar-refractivity contribution is 5.71. The number of esters is 3. The van der Waals surface area contributed by atoms with Crippen molar-refractivity contribution < 1.29 is 28.6 Å². The van der Waals surface area contributed by atoms with Gasteiger partial charge in [0, 0.05) is 19.3 Å². The molecule has 0 bridgehead atoms. The minimum absolute atomic E-state index is 0.0813. The first kappa shape index (κ1) is 68.1. The van der Waals surface area contributed by atoms with Crippen molar-refractivity contribution >= 4 is 17.9 Å². The predicted molar refractivity (Wildman–Crippen MR) is 307 cm³/mol. The minimum atomic E-state index is -0.785. The molecular weight excluding hydrogens is 877 g/mol. The number of carbonyl (C=O) groups is 3. The Balaban J connectivity index is 4.26. The van der Waals surface area contributed by atoms with Crippen molar-refractivity contribution in [2.75, 3.05) is 13.2 Å². The number of carbonyl (C=O) groups excluding carboxylic acids is 3. The standard InChI is InChI=1S/C65H116O6/c1-4-7-10-13-16-19-22-24-26-28-29-30-31-32-33-34-35-37-38-40-43-46-49-52-55-58-64(67)70-61-62(60-69-63(66)57-54-51-48-45-42-21-18-15-12-9-6-3)71-65(68)59-56-53-50-47-44-41-39-36-27-25-23-20-17-14-11-8-5-2/h8,11,17,20,25,27-29,39,41,62H,4-7,9-10,12-16,18-19,21-24,26,30-38,40,42-61H2,1-3H3/b11-8-,20-17-,27-25-,29-28-,41-39-. The third-order valence-corrected chi connectivity index (χ3v) is 13.5. The summed E-state index contributed by atoms with van der Waals surface area (Å²) >= 11 is 0. The van der Waals surface area contributed by atoms with Gasteiger partial charge in [-0.2, -0.15) is 0 Å². The lowest BCUT2D eigenvalue weighted by molar-refractivity contribution is -0.167. The monoisotopic (exact) mass is 993 g/mol. The minimum Gasteiger partial charge on any atom is -0.462 e. The second-order valence-electron chi connectivity index (χ2n) is 20.6. The molecule has 0 aliphatic heterocycles. The number of allylic oxidation sites excluding steroid dienone is 10. The smallest absolute Gasteiger partial charge is 0.306 e. The van der Waals surface area contributed by atoms with Gasteiger partial charge < -0.3 is 14.2 Å². The highest BCUT2D eigenvalue weighted by Gasteiger charge is 2.19. The van der Waals surface area contributed by atoms with E-state index in [1.807, 2.05) is 0 Å². The van der Waals surface area contributed by atoms with Gasteiger partial charge in [-0.3, -0.25) is 14.4 Å². The highest BCUT2D eigenvalue weighted by Crippen LogP contribution is 2.17. The van der Waals surface area contributed by atoms with E-state index in [0.29, 0.717) is 19.3 Å². The molecule has 0 aromatic rings. The molecule has 0 N–H and O–H groups in total. The third kappa shape index (κ3) is 57.9. The van der Waals surface area contributed by atoms with Crippen molar-refractivity contribution in [2.24, 2.45) is 0 Å². The maximum Gasteiger partial charge on any atom is 0.306 e. The van der Waals surface area contributed by atoms with Gasteiger partial charge in [0.15, 0.2) is 6.10 Å². The molecular formula is C65H116O6. The molecule has 0 saturated heterocycles.